The van der Waals surface area contributed by atoms with E-state index in [1.807, 2.05) is 0 Å². The van der Waals surface area contributed by atoms with Crippen LogP contribution < -0.4 is 0 Å². The molecular weight excluding hydrogens is 359 g/mol. The van der Waals surface area contributed by atoms with Crippen molar-refractivity contribution in [2.75, 3.05) is 5.75 Å². The topological polar surface area (TPSA) is 68.3 Å². The Morgan fingerprint density at radius 1 is 1.30 bits per heavy atom. The molecule has 23 heavy (non-hydrogen) atoms. The quantitative estimate of drug-likeness (QED) is 0.453. The van der Waals surface area contributed by atoms with Gasteiger partial charge in [0.15, 0.2) is 15.6 Å². The summed E-state index contributed by atoms with van der Waals surface area (Å²) in [6.07, 6.45) is 1.93. The van der Waals surface area contributed by atoms with Gasteiger partial charge in [-0.2, -0.15) is 0 Å². The summed E-state index contributed by atoms with van der Waals surface area (Å²) < 4.78 is 24.2. The molecule has 0 bridgehead atoms. The number of alkyl halides is 1. The van der Waals surface area contributed by atoms with Crippen molar-refractivity contribution in [2.24, 2.45) is 5.92 Å². The molecule has 7 heteroatoms. The van der Waals surface area contributed by atoms with Gasteiger partial charge in [0.2, 0.25) is 0 Å². The highest BCUT2D eigenvalue weighted by Gasteiger charge is 2.39. The third-order valence-electron chi connectivity index (χ3n) is 4.59. The van der Waals surface area contributed by atoms with Gasteiger partial charge in [0, 0.05) is 12.0 Å². The molecule has 0 radical (unpaired) electrons. The van der Waals surface area contributed by atoms with E-state index in [-0.39, 0.29) is 27.0 Å². The monoisotopic (exact) mass is 374 g/mol. The molecule has 0 amide bonds. The van der Waals surface area contributed by atoms with Crippen LogP contribution in [0, 0.1) is 12.8 Å². The first-order chi connectivity index (χ1) is 10.7. The van der Waals surface area contributed by atoms with Gasteiger partial charge in [-0.15, -0.1) is 11.6 Å². The molecule has 3 rings (SSSR count). The minimum absolute atomic E-state index is 0.00102. The van der Waals surface area contributed by atoms with Crippen LogP contribution in [0.25, 0.3) is 0 Å². The minimum Gasteiger partial charge on any atom is -0.299 e. The minimum atomic E-state index is -3.34. The SMILES string of the molecule is Cc1cc(C(=O)C2C(=O)CCCC2Cl)c(Cl)c2c1S(=O)(=O)CC2. The number of aryl methyl sites for hydroxylation is 1. The number of benzene rings is 1. The number of hydrogen-bond donors (Lipinski definition) is 0. The van der Waals surface area contributed by atoms with Gasteiger partial charge in [0.25, 0.3) is 0 Å². The van der Waals surface area contributed by atoms with Crippen LogP contribution in [-0.4, -0.2) is 31.1 Å². The number of ketones is 2. The molecule has 2 atom stereocenters. The molecule has 1 aliphatic heterocycles. The largest absolute Gasteiger partial charge is 0.299 e. The fraction of sp³-hybridized carbons (Fsp3) is 0.500. The van der Waals surface area contributed by atoms with Crippen LogP contribution in [0.5, 0.6) is 0 Å². The van der Waals surface area contributed by atoms with Crippen molar-refractivity contribution in [1.29, 1.82) is 0 Å². The zero-order valence-corrected chi connectivity index (χ0v) is 14.9. The van der Waals surface area contributed by atoms with E-state index in [0.29, 0.717) is 36.8 Å². The van der Waals surface area contributed by atoms with Gasteiger partial charge in [0.1, 0.15) is 5.78 Å². The summed E-state index contributed by atoms with van der Waals surface area (Å²) in [6.45, 7) is 1.65. The van der Waals surface area contributed by atoms with Crippen molar-refractivity contribution in [3.63, 3.8) is 0 Å². The zero-order chi connectivity index (χ0) is 16.9. The number of sulfone groups is 1. The number of fused-ring (bicyclic) bond motifs is 1. The summed E-state index contributed by atoms with van der Waals surface area (Å²) in [5, 5.41) is -0.379. The van der Waals surface area contributed by atoms with Crippen LogP contribution in [0.4, 0.5) is 0 Å². The van der Waals surface area contributed by atoms with E-state index in [1.165, 1.54) is 6.07 Å². The molecule has 1 aromatic carbocycles. The predicted molar refractivity (Wildman–Crippen MR) is 88.3 cm³/mol. The first-order valence-electron chi connectivity index (χ1n) is 7.49. The maximum atomic E-state index is 12.8. The van der Waals surface area contributed by atoms with Crippen molar-refractivity contribution in [2.45, 2.75) is 42.9 Å². The summed E-state index contributed by atoms with van der Waals surface area (Å²) in [6, 6.07) is 1.48. The van der Waals surface area contributed by atoms with Crippen molar-refractivity contribution < 1.29 is 18.0 Å². The van der Waals surface area contributed by atoms with Crippen LogP contribution in [0.15, 0.2) is 11.0 Å². The molecule has 1 aromatic rings. The highest BCUT2D eigenvalue weighted by Crippen LogP contribution is 2.39. The molecule has 0 saturated heterocycles. The fourth-order valence-electron chi connectivity index (χ4n) is 3.49. The maximum absolute atomic E-state index is 12.8. The predicted octanol–water partition coefficient (Wildman–Crippen LogP) is 3.14. The van der Waals surface area contributed by atoms with Crippen LogP contribution in [-0.2, 0) is 21.1 Å². The second kappa shape index (κ2) is 5.87. The van der Waals surface area contributed by atoms with E-state index in [2.05, 4.69) is 0 Å². The number of Topliss-reactive ketones (excluding diaryl/α,β-unsaturated/α-hetero) is 2. The number of halogens is 2. The lowest BCUT2D eigenvalue weighted by atomic mass is 9.81. The summed E-state index contributed by atoms with van der Waals surface area (Å²) in [5.41, 5.74) is 1.20. The third kappa shape index (κ3) is 2.73. The first-order valence-corrected chi connectivity index (χ1v) is 9.96. The molecule has 0 aromatic heterocycles. The standard InChI is InChI=1S/C16H16Cl2O4S/c1-8-7-10(14(18)9-5-6-23(21,22)16(8)9)15(20)13-11(17)3-2-4-12(13)19/h7,11,13H,2-6H2,1H3. The third-order valence-corrected chi connectivity index (χ3v) is 7.42. The van der Waals surface area contributed by atoms with Crippen LogP contribution >= 0.6 is 23.2 Å². The number of rotatable bonds is 2. The Bertz CT molecular complexity index is 814. The molecule has 1 saturated carbocycles. The average molecular weight is 375 g/mol. The van der Waals surface area contributed by atoms with Gasteiger partial charge in [-0.05, 0) is 43.4 Å². The number of hydrogen-bond acceptors (Lipinski definition) is 4. The van der Waals surface area contributed by atoms with Crippen LogP contribution in [0.3, 0.4) is 0 Å². The molecule has 1 heterocycles. The molecule has 0 spiro atoms. The van der Waals surface area contributed by atoms with Crippen LogP contribution in [0.1, 0.15) is 40.7 Å². The number of carbonyl (C=O) groups excluding carboxylic acids is 2. The Morgan fingerprint density at radius 3 is 2.65 bits per heavy atom. The Kier molecular flexibility index (Phi) is 4.32. The van der Waals surface area contributed by atoms with E-state index in [0.717, 1.165) is 0 Å². The molecule has 0 N–H and O–H groups in total. The summed E-state index contributed by atoms with van der Waals surface area (Å²) in [4.78, 5) is 25.2. The molecular formula is C16H16Cl2O4S. The zero-order valence-electron chi connectivity index (χ0n) is 12.6. The summed E-state index contributed by atoms with van der Waals surface area (Å²) in [7, 11) is -3.34. The summed E-state index contributed by atoms with van der Waals surface area (Å²) in [5.74, 6) is -1.45. The summed E-state index contributed by atoms with van der Waals surface area (Å²) >= 11 is 12.5. The molecule has 124 valence electrons. The van der Waals surface area contributed by atoms with Crippen molar-refractivity contribution in [3.05, 3.63) is 27.8 Å². The van der Waals surface area contributed by atoms with Crippen molar-refractivity contribution in [3.8, 4) is 0 Å². The normalized spacial score (nSPS) is 26.1. The van der Waals surface area contributed by atoms with Crippen molar-refractivity contribution >= 4 is 44.6 Å². The lowest BCUT2D eigenvalue weighted by molar-refractivity contribution is -0.122. The molecule has 1 aliphatic carbocycles. The van der Waals surface area contributed by atoms with Gasteiger partial charge in [-0.25, -0.2) is 8.42 Å². The second-order valence-corrected chi connectivity index (χ2v) is 9.13. The van der Waals surface area contributed by atoms with Gasteiger partial charge >= 0.3 is 0 Å². The Morgan fingerprint density at radius 2 is 2.00 bits per heavy atom. The van der Waals surface area contributed by atoms with Gasteiger partial charge in [0.05, 0.1) is 27.0 Å². The maximum Gasteiger partial charge on any atom is 0.179 e. The molecule has 4 nitrogen and oxygen atoms in total. The van der Waals surface area contributed by atoms with E-state index in [1.54, 1.807) is 6.92 Å². The average Bonchev–Trinajstić information content (AvgIpc) is 2.79. The first kappa shape index (κ1) is 16.9. The highest BCUT2D eigenvalue weighted by molar-refractivity contribution is 7.91. The Hall–Kier alpha value is -0.910. The van der Waals surface area contributed by atoms with Gasteiger partial charge < -0.3 is 0 Å². The van der Waals surface area contributed by atoms with Crippen molar-refractivity contribution in [1.82, 2.24) is 0 Å². The molecule has 2 unspecified atom stereocenters. The van der Waals surface area contributed by atoms with Crippen LogP contribution in [0.2, 0.25) is 5.02 Å². The number of carbonyl (C=O) groups is 2. The fourth-order valence-corrected chi connectivity index (χ4v) is 6.10. The second-order valence-electron chi connectivity index (χ2n) is 6.15. The lowest BCUT2D eigenvalue weighted by Gasteiger charge is -2.25. The smallest absolute Gasteiger partial charge is 0.179 e. The van der Waals surface area contributed by atoms with E-state index >= 15 is 0 Å². The van der Waals surface area contributed by atoms with Gasteiger partial charge in [-0.3, -0.25) is 9.59 Å². The van der Waals surface area contributed by atoms with E-state index < -0.39 is 26.9 Å². The highest BCUT2D eigenvalue weighted by atomic mass is 35.5. The van der Waals surface area contributed by atoms with Gasteiger partial charge in [-0.1, -0.05) is 11.6 Å². The Labute approximate surface area is 145 Å². The molecule has 2 aliphatic rings. The van der Waals surface area contributed by atoms with E-state index in [9.17, 15) is 18.0 Å². The van der Waals surface area contributed by atoms with E-state index in [4.69, 9.17) is 23.2 Å². The lowest BCUT2D eigenvalue weighted by Crippen LogP contribution is -2.36. The Balaban J connectivity index is 2.10. The molecule has 1 fully saturated rings.